The van der Waals surface area contributed by atoms with Gasteiger partial charge in [-0.2, -0.15) is 0 Å². The number of unbranched alkanes of at least 4 members (excludes halogenated alkanes) is 12. The summed E-state index contributed by atoms with van der Waals surface area (Å²) in [5, 5.41) is 12.7. The van der Waals surface area contributed by atoms with Gasteiger partial charge in [0.05, 0.1) is 5.69 Å². The molecule has 0 bridgehead atoms. The second-order valence-electron chi connectivity index (χ2n) is 11.3. The fourth-order valence-electron chi connectivity index (χ4n) is 5.47. The highest BCUT2D eigenvalue weighted by atomic mass is 16.3. The van der Waals surface area contributed by atoms with Gasteiger partial charge in [0.1, 0.15) is 5.52 Å². The van der Waals surface area contributed by atoms with E-state index in [1.165, 1.54) is 108 Å². The van der Waals surface area contributed by atoms with Gasteiger partial charge >= 0.3 is 0 Å². The Morgan fingerprint density at radius 1 is 0.579 bits per heavy atom. The van der Waals surface area contributed by atoms with Gasteiger partial charge in [-0.3, -0.25) is 0 Å². The molecule has 0 aliphatic heterocycles. The second kappa shape index (κ2) is 19.1. The number of phenols is 1. The number of anilines is 2. The molecule has 0 unspecified atom stereocenters. The fourth-order valence-corrected chi connectivity index (χ4v) is 5.47. The normalized spacial score (nSPS) is 11.4. The lowest BCUT2D eigenvalue weighted by atomic mass is 10.1. The first-order valence-electron chi connectivity index (χ1n) is 16.2. The number of rotatable bonds is 22. The summed E-state index contributed by atoms with van der Waals surface area (Å²) in [6.45, 7) is 15.3. The molecule has 0 saturated carbocycles. The summed E-state index contributed by atoms with van der Waals surface area (Å²) in [4.78, 5) is 9.98. The number of aromatic hydroxyl groups is 1. The molecule has 1 aromatic carbocycles. The highest BCUT2D eigenvalue weighted by Crippen LogP contribution is 2.41. The van der Waals surface area contributed by atoms with Gasteiger partial charge in [-0.15, -0.1) is 0 Å². The van der Waals surface area contributed by atoms with E-state index in [4.69, 9.17) is 4.98 Å². The predicted octanol–water partition coefficient (Wildman–Crippen LogP) is 10.2. The van der Waals surface area contributed by atoms with Crippen LogP contribution in [-0.2, 0) is 0 Å². The minimum Gasteiger partial charge on any atom is -0.504 e. The Bertz CT molecular complexity index is 873. The fraction of sp³-hybridized carbons (Fsp3) is 0.735. The van der Waals surface area contributed by atoms with Crippen molar-refractivity contribution in [3.8, 4) is 5.75 Å². The summed E-state index contributed by atoms with van der Waals surface area (Å²) in [7, 11) is 0. The molecule has 4 heteroatoms. The number of aromatic nitrogens is 1. The van der Waals surface area contributed by atoms with Crippen LogP contribution in [0.25, 0.3) is 10.9 Å². The summed E-state index contributed by atoms with van der Waals surface area (Å²) in [6, 6.07) is 6.60. The van der Waals surface area contributed by atoms with Crippen LogP contribution in [0.5, 0.6) is 5.75 Å². The van der Waals surface area contributed by atoms with Crippen molar-refractivity contribution in [2.24, 2.45) is 0 Å². The van der Waals surface area contributed by atoms with Crippen molar-refractivity contribution in [3.05, 3.63) is 23.9 Å². The number of nitrogens with zero attached hydrogens (tertiary/aromatic N) is 3. The van der Waals surface area contributed by atoms with Crippen molar-refractivity contribution in [2.75, 3.05) is 36.0 Å². The van der Waals surface area contributed by atoms with Crippen LogP contribution in [0.4, 0.5) is 11.4 Å². The molecule has 4 nitrogen and oxygen atoms in total. The van der Waals surface area contributed by atoms with Crippen LogP contribution in [0, 0.1) is 6.92 Å². The van der Waals surface area contributed by atoms with E-state index in [-0.39, 0.29) is 0 Å². The van der Waals surface area contributed by atoms with Gasteiger partial charge in [0.15, 0.2) is 5.75 Å². The highest BCUT2D eigenvalue weighted by Gasteiger charge is 2.21. The molecule has 2 aromatic rings. The van der Waals surface area contributed by atoms with E-state index < -0.39 is 0 Å². The Morgan fingerprint density at radius 3 is 1.42 bits per heavy atom. The summed E-state index contributed by atoms with van der Waals surface area (Å²) >= 11 is 0. The molecule has 1 aromatic heterocycles. The van der Waals surface area contributed by atoms with Gasteiger partial charge in [-0.1, -0.05) is 105 Å². The summed E-state index contributed by atoms with van der Waals surface area (Å²) in [5.74, 6) is 0.371. The van der Waals surface area contributed by atoms with Gasteiger partial charge in [0.25, 0.3) is 0 Å². The molecule has 0 amide bonds. The Labute approximate surface area is 235 Å². The number of pyridine rings is 1. The van der Waals surface area contributed by atoms with Crippen LogP contribution in [0.3, 0.4) is 0 Å². The third-order valence-electron chi connectivity index (χ3n) is 7.86. The molecule has 1 N–H and O–H groups in total. The number of fused-ring (bicyclic) bond motifs is 1. The van der Waals surface area contributed by atoms with Crippen molar-refractivity contribution in [1.82, 2.24) is 4.98 Å². The molecular weight excluding hydrogens is 466 g/mol. The van der Waals surface area contributed by atoms with Gasteiger partial charge in [-0.05, 0) is 50.8 Å². The molecule has 0 radical (unpaired) electrons. The lowest BCUT2D eigenvalue weighted by Crippen LogP contribution is -2.28. The zero-order valence-electron chi connectivity index (χ0n) is 25.7. The summed E-state index contributed by atoms with van der Waals surface area (Å²) < 4.78 is 0. The van der Waals surface area contributed by atoms with Crippen LogP contribution >= 0.6 is 0 Å². The molecule has 1 heterocycles. The largest absolute Gasteiger partial charge is 0.504 e. The number of phenolic OH excluding ortho intramolecular Hbond substituents is 1. The summed E-state index contributed by atoms with van der Waals surface area (Å²) in [6.07, 6.45) is 20.0. The van der Waals surface area contributed by atoms with Crippen LogP contribution in [0.2, 0.25) is 0 Å². The Hall–Kier alpha value is -1.97. The van der Waals surface area contributed by atoms with Crippen LogP contribution < -0.4 is 9.80 Å². The smallest absolute Gasteiger partial charge is 0.165 e. The van der Waals surface area contributed by atoms with E-state index in [9.17, 15) is 5.11 Å². The van der Waals surface area contributed by atoms with Crippen molar-refractivity contribution in [1.29, 1.82) is 0 Å². The molecule has 0 saturated heterocycles. The van der Waals surface area contributed by atoms with E-state index in [2.05, 4.69) is 55.7 Å². The monoisotopic (exact) mass is 525 g/mol. The van der Waals surface area contributed by atoms with Crippen LogP contribution in [0.15, 0.2) is 18.2 Å². The lowest BCUT2D eigenvalue weighted by Gasteiger charge is -2.31. The maximum atomic E-state index is 11.6. The first-order chi connectivity index (χ1) is 18.6. The Morgan fingerprint density at radius 2 is 1.00 bits per heavy atom. The average molecular weight is 526 g/mol. The van der Waals surface area contributed by atoms with Crippen molar-refractivity contribution < 1.29 is 5.11 Å². The molecule has 0 spiro atoms. The van der Waals surface area contributed by atoms with E-state index in [0.29, 0.717) is 5.75 Å². The maximum Gasteiger partial charge on any atom is 0.165 e. The molecule has 0 fully saturated rings. The molecular formula is C34H59N3O. The molecule has 0 atom stereocenters. The van der Waals surface area contributed by atoms with Gasteiger partial charge in [0, 0.05) is 42.9 Å². The van der Waals surface area contributed by atoms with E-state index in [1.807, 2.05) is 6.92 Å². The highest BCUT2D eigenvalue weighted by molar-refractivity contribution is 6.00. The van der Waals surface area contributed by atoms with Crippen LogP contribution in [-0.4, -0.2) is 36.3 Å². The molecule has 2 rings (SSSR count). The molecule has 38 heavy (non-hydrogen) atoms. The zero-order chi connectivity index (χ0) is 27.6. The lowest BCUT2D eigenvalue weighted by molar-refractivity contribution is 0.477. The Kier molecular flexibility index (Phi) is 16.2. The average Bonchev–Trinajstić information content (AvgIpc) is 2.92. The van der Waals surface area contributed by atoms with Crippen molar-refractivity contribution in [3.63, 3.8) is 0 Å². The van der Waals surface area contributed by atoms with E-state index >= 15 is 0 Å². The van der Waals surface area contributed by atoms with Gasteiger partial charge in [0.2, 0.25) is 0 Å². The Balaban J connectivity index is 2.48. The number of benzene rings is 1. The topological polar surface area (TPSA) is 39.6 Å². The number of aryl methyl sites for hydroxylation is 1. The van der Waals surface area contributed by atoms with E-state index in [0.717, 1.165) is 48.5 Å². The standard InChI is InChI=1S/C34H59N3O/c1-6-10-14-18-24-36(25-19-15-11-7-2)31-28-32(34(38)33-30(31)23-22-29(5)35-33)37(26-20-16-12-8-3)27-21-17-13-9-4/h22-23,28,38H,6-21,24-27H2,1-5H3. The third kappa shape index (κ3) is 10.7. The second-order valence-corrected chi connectivity index (χ2v) is 11.3. The van der Waals surface area contributed by atoms with Crippen LogP contribution in [0.1, 0.15) is 136 Å². The predicted molar refractivity (Wildman–Crippen MR) is 169 cm³/mol. The maximum absolute atomic E-state index is 11.6. The van der Waals surface area contributed by atoms with Gasteiger partial charge in [-0.25, -0.2) is 4.98 Å². The molecule has 216 valence electrons. The van der Waals surface area contributed by atoms with Crippen molar-refractivity contribution >= 4 is 22.3 Å². The minimum absolute atomic E-state index is 0.371. The molecule has 0 aliphatic rings. The molecule has 0 aliphatic carbocycles. The summed E-state index contributed by atoms with van der Waals surface area (Å²) in [5.41, 5.74) is 3.99. The number of hydrogen-bond donors (Lipinski definition) is 1. The van der Waals surface area contributed by atoms with Crippen molar-refractivity contribution in [2.45, 2.75) is 137 Å². The SMILES string of the molecule is CCCCCCN(CCCCCC)c1cc(N(CCCCCC)CCCCCC)c2ccc(C)nc2c1O. The first-order valence-corrected chi connectivity index (χ1v) is 16.2. The minimum atomic E-state index is 0.371. The third-order valence-corrected chi connectivity index (χ3v) is 7.86. The number of hydrogen-bond acceptors (Lipinski definition) is 4. The first kappa shape index (κ1) is 32.2. The van der Waals surface area contributed by atoms with E-state index in [1.54, 1.807) is 0 Å². The van der Waals surface area contributed by atoms with Gasteiger partial charge < -0.3 is 14.9 Å². The zero-order valence-corrected chi connectivity index (χ0v) is 25.7. The quantitative estimate of drug-likeness (QED) is 0.155.